The van der Waals surface area contributed by atoms with Crippen LogP contribution in [-0.2, 0) is 0 Å². The molecule has 86 valence electrons. The van der Waals surface area contributed by atoms with Crippen molar-refractivity contribution in [1.29, 1.82) is 0 Å². The van der Waals surface area contributed by atoms with Crippen molar-refractivity contribution in [2.75, 3.05) is 6.54 Å². The SMILES string of the molecule is CCNC(CC)c1cc2ccc(F)cc2s1. The fourth-order valence-corrected chi connectivity index (χ4v) is 3.14. The number of nitrogens with one attached hydrogen (secondary N) is 1. The Kier molecular flexibility index (Phi) is 3.56. The maximum atomic E-state index is 13.1. The molecule has 0 aliphatic heterocycles. The summed E-state index contributed by atoms with van der Waals surface area (Å²) in [6, 6.07) is 7.54. The molecule has 1 atom stereocenters. The summed E-state index contributed by atoms with van der Waals surface area (Å²) in [4.78, 5) is 1.30. The quantitative estimate of drug-likeness (QED) is 0.844. The fourth-order valence-electron chi connectivity index (χ4n) is 1.89. The molecule has 0 saturated heterocycles. The van der Waals surface area contributed by atoms with Gasteiger partial charge in [0.05, 0.1) is 0 Å². The van der Waals surface area contributed by atoms with E-state index in [-0.39, 0.29) is 5.82 Å². The molecule has 1 aromatic carbocycles. The van der Waals surface area contributed by atoms with Crippen molar-refractivity contribution in [3.8, 4) is 0 Å². The average molecular weight is 237 g/mol. The molecule has 0 amide bonds. The number of hydrogen-bond acceptors (Lipinski definition) is 2. The summed E-state index contributed by atoms with van der Waals surface area (Å²) in [6.45, 7) is 5.23. The summed E-state index contributed by atoms with van der Waals surface area (Å²) in [7, 11) is 0. The van der Waals surface area contributed by atoms with Gasteiger partial charge in [-0.3, -0.25) is 0 Å². The second-order valence-electron chi connectivity index (χ2n) is 3.85. The highest BCUT2D eigenvalue weighted by Gasteiger charge is 2.11. The molecule has 0 aliphatic rings. The topological polar surface area (TPSA) is 12.0 Å². The minimum absolute atomic E-state index is 0.155. The predicted octanol–water partition coefficient (Wildman–Crippen LogP) is 4.10. The Morgan fingerprint density at radius 1 is 1.31 bits per heavy atom. The van der Waals surface area contributed by atoms with Crippen LogP contribution < -0.4 is 5.32 Å². The zero-order valence-electron chi connectivity index (χ0n) is 9.59. The Morgan fingerprint density at radius 2 is 2.12 bits per heavy atom. The maximum Gasteiger partial charge on any atom is 0.124 e. The highest BCUT2D eigenvalue weighted by Crippen LogP contribution is 2.31. The van der Waals surface area contributed by atoms with Crippen LogP contribution in [-0.4, -0.2) is 6.54 Å². The van der Waals surface area contributed by atoms with E-state index in [1.54, 1.807) is 17.4 Å². The van der Waals surface area contributed by atoms with Crippen LogP contribution in [0, 0.1) is 5.82 Å². The highest BCUT2D eigenvalue weighted by atomic mass is 32.1. The smallest absolute Gasteiger partial charge is 0.124 e. The lowest BCUT2D eigenvalue weighted by Crippen LogP contribution is -2.18. The molecule has 1 heterocycles. The number of rotatable bonds is 4. The summed E-state index contributed by atoms with van der Waals surface area (Å²) in [5.74, 6) is -0.155. The van der Waals surface area contributed by atoms with Crippen LogP contribution in [0.1, 0.15) is 31.2 Å². The molecule has 0 saturated carbocycles. The van der Waals surface area contributed by atoms with E-state index < -0.39 is 0 Å². The molecule has 0 bridgehead atoms. The van der Waals surface area contributed by atoms with Crippen LogP contribution in [0.15, 0.2) is 24.3 Å². The molecular weight excluding hydrogens is 221 g/mol. The Morgan fingerprint density at radius 3 is 2.81 bits per heavy atom. The minimum Gasteiger partial charge on any atom is -0.310 e. The number of hydrogen-bond donors (Lipinski definition) is 1. The van der Waals surface area contributed by atoms with Gasteiger partial charge in [0.1, 0.15) is 5.82 Å². The molecule has 2 aromatic rings. The molecule has 0 aliphatic carbocycles. The van der Waals surface area contributed by atoms with Gasteiger partial charge in [0, 0.05) is 15.6 Å². The van der Waals surface area contributed by atoms with Gasteiger partial charge in [0.2, 0.25) is 0 Å². The van der Waals surface area contributed by atoms with Gasteiger partial charge in [-0.15, -0.1) is 11.3 Å². The van der Waals surface area contributed by atoms with Crippen LogP contribution >= 0.6 is 11.3 Å². The number of halogens is 1. The zero-order chi connectivity index (χ0) is 11.5. The van der Waals surface area contributed by atoms with Crippen LogP contribution in [0.5, 0.6) is 0 Å². The van der Waals surface area contributed by atoms with E-state index in [1.807, 2.05) is 6.07 Å². The maximum absolute atomic E-state index is 13.1. The first-order valence-electron chi connectivity index (χ1n) is 5.67. The standard InChI is InChI=1S/C13H16FNS/c1-3-11(15-4-2)13-7-9-5-6-10(14)8-12(9)16-13/h5-8,11,15H,3-4H2,1-2H3. The first kappa shape index (κ1) is 11.6. The molecular formula is C13H16FNS. The summed E-state index contributed by atoms with van der Waals surface area (Å²) < 4.78 is 14.1. The Labute approximate surface area is 99.3 Å². The van der Waals surface area contributed by atoms with Crippen molar-refractivity contribution in [3.05, 3.63) is 35.0 Å². The molecule has 1 aromatic heterocycles. The van der Waals surface area contributed by atoms with Crippen LogP contribution in [0.3, 0.4) is 0 Å². The first-order valence-corrected chi connectivity index (χ1v) is 6.48. The predicted molar refractivity (Wildman–Crippen MR) is 68.5 cm³/mol. The van der Waals surface area contributed by atoms with E-state index in [0.29, 0.717) is 6.04 Å². The first-order chi connectivity index (χ1) is 7.74. The third-order valence-electron chi connectivity index (χ3n) is 2.70. The van der Waals surface area contributed by atoms with Crippen molar-refractivity contribution in [2.24, 2.45) is 0 Å². The Balaban J connectivity index is 2.37. The Bertz CT molecular complexity index is 478. The number of benzene rings is 1. The van der Waals surface area contributed by atoms with Gasteiger partial charge >= 0.3 is 0 Å². The third kappa shape index (κ3) is 2.25. The summed E-state index contributed by atoms with van der Waals surface area (Å²) >= 11 is 1.68. The van der Waals surface area contributed by atoms with Gasteiger partial charge in [-0.2, -0.15) is 0 Å². The minimum atomic E-state index is -0.155. The zero-order valence-corrected chi connectivity index (χ0v) is 10.4. The van der Waals surface area contributed by atoms with Crippen molar-refractivity contribution in [1.82, 2.24) is 5.32 Å². The van der Waals surface area contributed by atoms with E-state index in [9.17, 15) is 4.39 Å². The molecule has 1 unspecified atom stereocenters. The van der Waals surface area contributed by atoms with Crippen LogP contribution in [0.2, 0.25) is 0 Å². The lowest BCUT2D eigenvalue weighted by Gasteiger charge is -2.12. The molecule has 0 spiro atoms. The summed E-state index contributed by atoms with van der Waals surface area (Å²) in [6.07, 6.45) is 1.06. The Hall–Kier alpha value is -0.930. The summed E-state index contributed by atoms with van der Waals surface area (Å²) in [5.41, 5.74) is 0. The molecule has 2 rings (SSSR count). The van der Waals surface area contributed by atoms with E-state index in [0.717, 1.165) is 23.1 Å². The van der Waals surface area contributed by atoms with Gasteiger partial charge in [-0.1, -0.05) is 19.9 Å². The van der Waals surface area contributed by atoms with E-state index in [2.05, 4.69) is 25.2 Å². The molecule has 0 fully saturated rings. The lowest BCUT2D eigenvalue weighted by atomic mass is 10.1. The lowest BCUT2D eigenvalue weighted by molar-refractivity contribution is 0.546. The van der Waals surface area contributed by atoms with E-state index in [1.165, 1.54) is 10.9 Å². The van der Waals surface area contributed by atoms with Gasteiger partial charge < -0.3 is 5.32 Å². The third-order valence-corrected chi connectivity index (χ3v) is 3.91. The van der Waals surface area contributed by atoms with Gasteiger partial charge in [-0.05, 0) is 36.6 Å². The van der Waals surface area contributed by atoms with Crippen LogP contribution in [0.4, 0.5) is 4.39 Å². The molecule has 1 N–H and O–H groups in total. The van der Waals surface area contributed by atoms with Crippen molar-refractivity contribution >= 4 is 21.4 Å². The molecule has 1 nitrogen and oxygen atoms in total. The van der Waals surface area contributed by atoms with Crippen LogP contribution in [0.25, 0.3) is 10.1 Å². The van der Waals surface area contributed by atoms with Gasteiger partial charge in [0.15, 0.2) is 0 Å². The summed E-state index contributed by atoms with van der Waals surface area (Å²) in [5, 5.41) is 4.58. The molecule has 0 radical (unpaired) electrons. The largest absolute Gasteiger partial charge is 0.310 e. The highest BCUT2D eigenvalue weighted by molar-refractivity contribution is 7.19. The second-order valence-corrected chi connectivity index (χ2v) is 4.96. The van der Waals surface area contributed by atoms with E-state index >= 15 is 0 Å². The molecule has 3 heteroatoms. The average Bonchev–Trinajstić information content (AvgIpc) is 2.68. The molecule has 16 heavy (non-hydrogen) atoms. The van der Waals surface area contributed by atoms with Gasteiger partial charge in [0.25, 0.3) is 0 Å². The van der Waals surface area contributed by atoms with E-state index in [4.69, 9.17) is 0 Å². The van der Waals surface area contributed by atoms with Gasteiger partial charge in [-0.25, -0.2) is 4.39 Å². The fraction of sp³-hybridized carbons (Fsp3) is 0.385. The van der Waals surface area contributed by atoms with Crippen molar-refractivity contribution in [2.45, 2.75) is 26.3 Å². The van der Waals surface area contributed by atoms with Crippen molar-refractivity contribution < 1.29 is 4.39 Å². The number of thiophene rings is 1. The van der Waals surface area contributed by atoms with Crippen molar-refractivity contribution in [3.63, 3.8) is 0 Å². The normalized spacial score (nSPS) is 13.2. The second kappa shape index (κ2) is 4.93. The monoisotopic (exact) mass is 237 g/mol. The number of fused-ring (bicyclic) bond motifs is 1.